The lowest BCUT2D eigenvalue weighted by Gasteiger charge is -2.08. The third-order valence-electron chi connectivity index (χ3n) is 2.73. The van der Waals surface area contributed by atoms with Gasteiger partial charge in [-0.05, 0) is 44.7 Å². The van der Waals surface area contributed by atoms with Gasteiger partial charge in [-0.2, -0.15) is 0 Å². The quantitative estimate of drug-likeness (QED) is 0.534. The van der Waals surface area contributed by atoms with E-state index in [4.69, 9.17) is 9.47 Å². The summed E-state index contributed by atoms with van der Waals surface area (Å²) in [4.78, 5) is 11.1. The van der Waals surface area contributed by atoms with Crippen molar-refractivity contribution in [1.29, 1.82) is 0 Å². The molecule has 0 saturated heterocycles. The van der Waals surface area contributed by atoms with Gasteiger partial charge in [0.05, 0.1) is 13.2 Å². The van der Waals surface area contributed by atoms with E-state index in [-0.39, 0.29) is 11.8 Å². The van der Waals surface area contributed by atoms with E-state index in [1.807, 2.05) is 6.92 Å². The van der Waals surface area contributed by atoms with E-state index in [0.717, 1.165) is 6.42 Å². The van der Waals surface area contributed by atoms with Gasteiger partial charge < -0.3 is 9.47 Å². The van der Waals surface area contributed by atoms with Crippen molar-refractivity contribution >= 4 is 5.97 Å². The molecule has 19 heavy (non-hydrogen) atoms. The second kappa shape index (κ2) is 8.51. The molecule has 4 heteroatoms. The summed E-state index contributed by atoms with van der Waals surface area (Å²) in [5.41, 5.74) is 0.634. The Labute approximate surface area is 113 Å². The van der Waals surface area contributed by atoms with Crippen LogP contribution >= 0.6 is 0 Å². The predicted molar refractivity (Wildman–Crippen MR) is 71.8 cm³/mol. The third kappa shape index (κ3) is 5.28. The van der Waals surface area contributed by atoms with Gasteiger partial charge in [0.2, 0.25) is 0 Å². The molecule has 0 radical (unpaired) electrons. The highest BCUT2D eigenvalue weighted by Crippen LogP contribution is 2.22. The Balaban J connectivity index is 2.41. The molecule has 0 spiro atoms. The molecule has 0 amide bonds. The molecule has 0 fully saturated rings. The Bertz CT molecular complexity index is 404. The van der Waals surface area contributed by atoms with E-state index in [1.165, 1.54) is 0 Å². The summed E-state index contributed by atoms with van der Waals surface area (Å²) in [7, 11) is 0. The largest absolute Gasteiger partial charge is 0.491 e. The van der Waals surface area contributed by atoms with Crippen molar-refractivity contribution in [3.63, 3.8) is 0 Å². The van der Waals surface area contributed by atoms with Crippen LogP contribution < -0.4 is 4.74 Å². The average molecular weight is 268 g/mol. The Kier molecular flexibility index (Phi) is 6.93. The summed E-state index contributed by atoms with van der Waals surface area (Å²) in [5.74, 6) is -0.183. The first-order valence-corrected chi connectivity index (χ1v) is 6.74. The highest BCUT2D eigenvalue weighted by Gasteiger charge is 2.09. The zero-order valence-electron chi connectivity index (χ0n) is 11.6. The van der Waals surface area contributed by atoms with E-state index >= 15 is 0 Å². The molecular formula is C15H21FO3. The van der Waals surface area contributed by atoms with Crippen molar-refractivity contribution in [2.75, 3.05) is 13.2 Å². The summed E-state index contributed by atoms with van der Waals surface area (Å²) in [6, 6.07) is 5.16. The number of aryl methyl sites for hydroxylation is 1. The molecule has 0 aliphatic carbocycles. The number of hydrogen-bond acceptors (Lipinski definition) is 3. The van der Waals surface area contributed by atoms with Crippen molar-refractivity contribution in [3.8, 4) is 5.75 Å². The van der Waals surface area contributed by atoms with Crippen LogP contribution in [0.5, 0.6) is 5.75 Å². The van der Waals surface area contributed by atoms with Crippen LogP contribution in [0.15, 0.2) is 18.2 Å². The van der Waals surface area contributed by atoms with Crippen molar-refractivity contribution in [3.05, 3.63) is 29.6 Å². The normalized spacial score (nSPS) is 10.3. The second-order valence-electron chi connectivity index (χ2n) is 4.17. The molecule has 0 aliphatic rings. The molecule has 3 nitrogen and oxygen atoms in total. The maximum atomic E-state index is 13.9. The lowest BCUT2D eigenvalue weighted by Crippen LogP contribution is -2.04. The molecule has 0 N–H and O–H groups in total. The van der Waals surface area contributed by atoms with Crippen molar-refractivity contribution in [1.82, 2.24) is 0 Å². The van der Waals surface area contributed by atoms with Gasteiger partial charge in [-0.1, -0.05) is 12.1 Å². The molecule has 1 aromatic carbocycles. The Morgan fingerprint density at radius 1 is 1.21 bits per heavy atom. The minimum absolute atomic E-state index is 0.189. The van der Waals surface area contributed by atoms with Gasteiger partial charge in [0.25, 0.3) is 0 Å². The van der Waals surface area contributed by atoms with Gasteiger partial charge in [0, 0.05) is 6.42 Å². The smallest absolute Gasteiger partial charge is 0.305 e. The predicted octanol–water partition coefficient (Wildman–Crippen LogP) is 3.50. The van der Waals surface area contributed by atoms with Crippen molar-refractivity contribution in [2.24, 2.45) is 0 Å². The number of carbonyl (C=O) groups is 1. The van der Waals surface area contributed by atoms with E-state index in [9.17, 15) is 9.18 Å². The van der Waals surface area contributed by atoms with Gasteiger partial charge in [0.1, 0.15) is 0 Å². The van der Waals surface area contributed by atoms with Gasteiger partial charge in [-0.15, -0.1) is 0 Å². The van der Waals surface area contributed by atoms with E-state index in [2.05, 4.69) is 0 Å². The first-order valence-electron chi connectivity index (χ1n) is 6.74. The topological polar surface area (TPSA) is 35.5 Å². The number of unbranched alkanes of at least 4 members (excludes halogenated alkanes) is 1. The maximum Gasteiger partial charge on any atom is 0.305 e. The van der Waals surface area contributed by atoms with Crippen LogP contribution in [0.3, 0.4) is 0 Å². The highest BCUT2D eigenvalue weighted by atomic mass is 19.1. The van der Waals surface area contributed by atoms with E-state index in [0.29, 0.717) is 43.8 Å². The number of halogens is 1. The number of hydrogen-bond donors (Lipinski definition) is 0. The fourth-order valence-corrected chi connectivity index (χ4v) is 1.83. The summed E-state index contributed by atoms with van der Waals surface area (Å²) >= 11 is 0. The molecule has 1 rings (SSSR count). The molecule has 106 valence electrons. The number of benzene rings is 1. The molecular weight excluding hydrogens is 247 g/mol. The van der Waals surface area contributed by atoms with Gasteiger partial charge in [0.15, 0.2) is 11.6 Å². The summed E-state index contributed by atoms with van der Waals surface area (Å²) < 4.78 is 24.0. The fourth-order valence-electron chi connectivity index (χ4n) is 1.83. The fraction of sp³-hybridized carbons (Fsp3) is 0.533. The zero-order chi connectivity index (χ0) is 14.1. The standard InChI is InChI=1S/C15H21FO3/c1-3-18-13-10-7-9-12(15(13)16)8-5-6-11-14(17)19-4-2/h7,9-10H,3-6,8,11H2,1-2H3. The number of rotatable bonds is 8. The van der Waals surface area contributed by atoms with Gasteiger partial charge in [-0.3, -0.25) is 4.79 Å². The maximum absolute atomic E-state index is 13.9. The molecule has 0 saturated carbocycles. The minimum Gasteiger partial charge on any atom is -0.491 e. The Morgan fingerprint density at radius 3 is 2.68 bits per heavy atom. The first-order chi connectivity index (χ1) is 9.19. The minimum atomic E-state index is -0.291. The molecule has 0 unspecified atom stereocenters. The average Bonchev–Trinajstić information content (AvgIpc) is 2.39. The van der Waals surface area contributed by atoms with Gasteiger partial charge >= 0.3 is 5.97 Å². The second-order valence-corrected chi connectivity index (χ2v) is 4.17. The van der Waals surface area contributed by atoms with Crippen LogP contribution in [0.1, 0.15) is 38.7 Å². The van der Waals surface area contributed by atoms with Crippen LogP contribution in [0.4, 0.5) is 4.39 Å². The number of esters is 1. The lowest BCUT2D eigenvalue weighted by atomic mass is 10.1. The number of carbonyl (C=O) groups excluding carboxylic acids is 1. The molecule has 0 heterocycles. The third-order valence-corrected chi connectivity index (χ3v) is 2.73. The van der Waals surface area contributed by atoms with Crippen LogP contribution in [-0.2, 0) is 16.0 Å². The summed E-state index contributed by atoms with van der Waals surface area (Å²) in [5, 5.41) is 0. The molecule has 0 bridgehead atoms. The SMILES string of the molecule is CCOC(=O)CCCCc1cccc(OCC)c1F. The molecule has 0 aliphatic heterocycles. The monoisotopic (exact) mass is 268 g/mol. The van der Waals surface area contributed by atoms with Crippen LogP contribution in [0, 0.1) is 5.82 Å². The van der Waals surface area contributed by atoms with Crippen LogP contribution in [0.2, 0.25) is 0 Å². The first kappa shape index (κ1) is 15.5. The molecule has 0 atom stereocenters. The number of ether oxygens (including phenoxy) is 2. The zero-order valence-corrected chi connectivity index (χ0v) is 11.6. The van der Waals surface area contributed by atoms with E-state index in [1.54, 1.807) is 25.1 Å². The molecule has 1 aromatic rings. The van der Waals surface area contributed by atoms with E-state index < -0.39 is 0 Å². The Hall–Kier alpha value is -1.58. The lowest BCUT2D eigenvalue weighted by molar-refractivity contribution is -0.143. The van der Waals surface area contributed by atoms with Gasteiger partial charge in [-0.25, -0.2) is 4.39 Å². The van der Waals surface area contributed by atoms with Crippen molar-refractivity contribution in [2.45, 2.75) is 39.5 Å². The van der Waals surface area contributed by atoms with Crippen LogP contribution in [0.25, 0.3) is 0 Å². The van der Waals surface area contributed by atoms with Crippen molar-refractivity contribution < 1.29 is 18.7 Å². The summed E-state index contributed by atoms with van der Waals surface area (Å²) in [6.45, 7) is 4.46. The summed E-state index contributed by atoms with van der Waals surface area (Å²) in [6.07, 6.45) is 2.45. The highest BCUT2D eigenvalue weighted by molar-refractivity contribution is 5.69. The van der Waals surface area contributed by atoms with Crippen LogP contribution in [-0.4, -0.2) is 19.2 Å². The Morgan fingerprint density at radius 2 is 2.00 bits per heavy atom. The molecule has 0 aromatic heterocycles.